The van der Waals surface area contributed by atoms with Gasteiger partial charge in [-0.2, -0.15) is 5.26 Å². The first-order chi connectivity index (χ1) is 19.3. The molecule has 0 fully saturated rings. The number of nitrogens with one attached hydrogen (secondary N) is 1. The number of amides is 1. The number of halogens is 1. The number of ether oxygens (including phenoxy) is 1. The molecule has 1 atom stereocenters. The summed E-state index contributed by atoms with van der Waals surface area (Å²) in [6.45, 7) is 1.98. The van der Waals surface area contributed by atoms with E-state index in [1.165, 1.54) is 23.1 Å². The lowest BCUT2D eigenvalue weighted by Gasteiger charge is -2.38. The van der Waals surface area contributed by atoms with Gasteiger partial charge in [-0.1, -0.05) is 41.3 Å². The van der Waals surface area contributed by atoms with Crippen molar-refractivity contribution >= 4 is 61.5 Å². The highest BCUT2D eigenvalue weighted by Crippen LogP contribution is 2.47. The number of nitrogens with two attached hydrogens (primary N) is 1. The number of rotatable bonds is 7. The van der Waals surface area contributed by atoms with Crippen LogP contribution in [0, 0.1) is 18.3 Å². The summed E-state index contributed by atoms with van der Waals surface area (Å²) in [6.07, 6.45) is 1.69. The summed E-state index contributed by atoms with van der Waals surface area (Å²) in [5, 5.41) is 22.1. The van der Waals surface area contributed by atoms with Gasteiger partial charge < -0.3 is 15.8 Å². The maximum atomic E-state index is 13.3. The second kappa shape index (κ2) is 11.8. The summed E-state index contributed by atoms with van der Waals surface area (Å²) in [5.41, 5.74) is 10.8. The number of nitriles is 1. The number of ketones is 1. The number of thioether (sulfide) groups is 1. The van der Waals surface area contributed by atoms with E-state index in [0.717, 1.165) is 21.3 Å². The van der Waals surface area contributed by atoms with Crippen LogP contribution in [0.5, 0.6) is 5.75 Å². The zero-order valence-corrected chi connectivity index (χ0v) is 25.0. The second-order valence-electron chi connectivity index (χ2n) is 9.26. The van der Waals surface area contributed by atoms with Crippen LogP contribution in [0.3, 0.4) is 0 Å². The van der Waals surface area contributed by atoms with Crippen LogP contribution in [0.1, 0.15) is 36.3 Å². The lowest BCUT2D eigenvalue weighted by atomic mass is 9.76. The van der Waals surface area contributed by atoms with Crippen molar-refractivity contribution in [2.45, 2.75) is 36.4 Å². The average molecular weight is 638 g/mol. The van der Waals surface area contributed by atoms with E-state index in [2.05, 4.69) is 37.5 Å². The molecule has 2 aliphatic rings. The van der Waals surface area contributed by atoms with Gasteiger partial charge in [-0.25, -0.2) is 0 Å². The molecule has 12 heteroatoms. The number of benzene rings is 2. The number of aromatic nitrogens is 2. The number of carbonyl (C=O) groups excluding carboxylic acids is 2. The molecule has 1 amide bonds. The number of carbonyl (C=O) groups is 2. The van der Waals surface area contributed by atoms with Gasteiger partial charge in [-0.05, 0) is 71.1 Å². The highest BCUT2D eigenvalue weighted by molar-refractivity contribution is 9.10. The van der Waals surface area contributed by atoms with Gasteiger partial charge in [0.2, 0.25) is 11.0 Å². The normalized spacial score (nSPS) is 17.0. The number of methoxy groups -OCH3 is 1. The first-order valence-electron chi connectivity index (χ1n) is 12.4. The number of anilines is 2. The third-order valence-corrected chi connectivity index (χ3v) is 9.37. The fourth-order valence-corrected chi connectivity index (χ4v) is 7.09. The monoisotopic (exact) mass is 636 g/mol. The Morgan fingerprint density at radius 3 is 2.75 bits per heavy atom. The molecule has 2 aromatic carbocycles. The van der Waals surface area contributed by atoms with Crippen LogP contribution < -0.4 is 20.7 Å². The molecule has 9 nitrogen and oxygen atoms in total. The highest BCUT2D eigenvalue weighted by Gasteiger charge is 2.41. The van der Waals surface area contributed by atoms with Gasteiger partial charge in [0.25, 0.3) is 0 Å². The summed E-state index contributed by atoms with van der Waals surface area (Å²) < 4.78 is 6.66. The van der Waals surface area contributed by atoms with Gasteiger partial charge in [0, 0.05) is 22.2 Å². The standard InChI is InChI=1S/C28H25BrN6O3S2/c1-15-6-11-20(19(29)12-15)32-23(37)14-39-28-34-33-27(40-28)35-21-4-3-5-22(36)25(21)24(18(13-30)26(35)31)16-7-9-17(38-2)10-8-16/h6-12,24H,3-5,14,31H2,1-2H3,(H,32,37). The predicted octanol–water partition coefficient (Wildman–Crippen LogP) is 5.65. The first kappa shape index (κ1) is 27.9. The molecule has 0 saturated carbocycles. The van der Waals surface area contributed by atoms with Crippen LogP contribution in [-0.4, -0.2) is 34.8 Å². The summed E-state index contributed by atoms with van der Waals surface area (Å²) in [4.78, 5) is 27.6. The third kappa shape index (κ3) is 5.50. The summed E-state index contributed by atoms with van der Waals surface area (Å²) in [7, 11) is 1.58. The zero-order valence-electron chi connectivity index (χ0n) is 21.7. The van der Waals surface area contributed by atoms with E-state index in [1.54, 1.807) is 12.0 Å². The number of allylic oxidation sites excluding steroid dienone is 3. The van der Waals surface area contributed by atoms with Crippen molar-refractivity contribution in [2.24, 2.45) is 5.73 Å². The van der Waals surface area contributed by atoms with Crippen LogP contribution in [0.2, 0.25) is 0 Å². The maximum absolute atomic E-state index is 13.3. The van der Waals surface area contributed by atoms with Gasteiger partial charge in [0.1, 0.15) is 11.6 Å². The molecular weight excluding hydrogens is 612 g/mol. The lowest BCUT2D eigenvalue weighted by Crippen LogP contribution is -2.38. The van der Waals surface area contributed by atoms with Crippen molar-refractivity contribution in [2.75, 3.05) is 23.1 Å². The molecule has 0 spiro atoms. The minimum absolute atomic E-state index is 0.00892. The van der Waals surface area contributed by atoms with Gasteiger partial charge >= 0.3 is 0 Å². The molecule has 1 aliphatic carbocycles. The van der Waals surface area contributed by atoms with Gasteiger partial charge in [-0.15, -0.1) is 10.2 Å². The summed E-state index contributed by atoms with van der Waals surface area (Å²) >= 11 is 5.99. The molecule has 0 radical (unpaired) electrons. The van der Waals surface area contributed by atoms with Crippen LogP contribution >= 0.6 is 39.0 Å². The quantitative estimate of drug-likeness (QED) is 0.315. The largest absolute Gasteiger partial charge is 0.497 e. The van der Waals surface area contributed by atoms with Crippen LogP contribution in [0.25, 0.3) is 0 Å². The molecule has 3 aromatic rings. The molecule has 1 unspecified atom stereocenters. The van der Waals surface area contributed by atoms with E-state index >= 15 is 0 Å². The van der Waals surface area contributed by atoms with Gasteiger partial charge in [0.05, 0.1) is 36.1 Å². The fourth-order valence-electron chi connectivity index (χ4n) is 4.82. The Morgan fingerprint density at radius 1 is 1.27 bits per heavy atom. The molecule has 3 N–H and O–H groups in total. The fraction of sp³-hybridized carbons (Fsp3) is 0.250. The van der Waals surface area contributed by atoms with E-state index in [0.29, 0.717) is 45.7 Å². The topological polar surface area (TPSA) is 134 Å². The molecule has 1 aliphatic heterocycles. The SMILES string of the molecule is COc1ccc(C2C(C#N)=C(N)N(c3nnc(SCC(=O)Nc4ccc(C)cc4Br)s3)C3=C2C(=O)CCC3)cc1. The van der Waals surface area contributed by atoms with E-state index in [-0.39, 0.29) is 28.8 Å². The molecule has 0 bridgehead atoms. The van der Waals surface area contributed by atoms with Crippen molar-refractivity contribution in [3.8, 4) is 11.8 Å². The molecule has 1 aromatic heterocycles. The molecule has 40 heavy (non-hydrogen) atoms. The van der Waals surface area contributed by atoms with E-state index in [1.807, 2.05) is 49.4 Å². The highest BCUT2D eigenvalue weighted by atomic mass is 79.9. The zero-order chi connectivity index (χ0) is 28.4. The molecule has 2 heterocycles. The Balaban J connectivity index is 1.41. The minimum atomic E-state index is -0.568. The number of nitrogens with zero attached hydrogens (tertiary/aromatic N) is 4. The Labute approximate surface area is 248 Å². The van der Waals surface area contributed by atoms with Gasteiger partial charge in [-0.3, -0.25) is 14.5 Å². The van der Waals surface area contributed by atoms with Crippen molar-refractivity contribution in [1.82, 2.24) is 10.2 Å². The van der Waals surface area contributed by atoms with E-state index in [4.69, 9.17) is 10.5 Å². The molecular formula is C28H25BrN6O3S2. The maximum Gasteiger partial charge on any atom is 0.234 e. The van der Waals surface area contributed by atoms with Crippen LogP contribution in [-0.2, 0) is 9.59 Å². The van der Waals surface area contributed by atoms with Crippen molar-refractivity contribution in [1.29, 1.82) is 5.26 Å². The van der Waals surface area contributed by atoms with Crippen molar-refractivity contribution in [3.63, 3.8) is 0 Å². The van der Waals surface area contributed by atoms with Crippen LogP contribution in [0.15, 0.2) is 73.9 Å². The summed E-state index contributed by atoms with van der Waals surface area (Å²) in [5.74, 6) is 0.286. The number of Topliss-reactive ketones (excluding diaryl/α,β-unsaturated/α-hetero) is 1. The molecule has 204 valence electrons. The smallest absolute Gasteiger partial charge is 0.234 e. The Bertz CT molecular complexity index is 1590. The lowest BCUT2D eigenvalue weighted by molar-refractivity contribution is -0.116. The van der Waals surface area contributed by atoms with Gasteiger partial charge in [0.15, 0.2) is 10.1 Å². The predicted molar refractivity (Wildman–Crippen MR) is 159 cm³/mol. The van der Waals surface area contributed by atoms with Crippen molar-refractivity contribution < 1.29 is 14.3 Å². The Hall–Kier alpha value is -3.66. The third-order valence-electron chi connectivity index (χ3n) is 6.67. The molecule has 0 saturated heterocycles. The molecule has 5 rings (SSSR count). The average Bonchev–Trinajstić information content (AvgIpc) is 3.41. The van der Waals surface area contributed by atoms with E-state index < -0.39 is 5.92 Å². The van der Waals surface area contributed by atoms with E-state index in [9.17, 15) is 14.9 Å². The Kier molecular flexibility index (Phi) is 8.25. The van der Waals surface area contributed by atoms with Crippen molar-refractivity contribution in [3.05, 3.63) is 80.7 Å². The summed E-state index contributed by atoms with van der Waals surface area (Å²) in [6, 6.07) is 15.3. The number of aryl methyl sites for hydroxylation is 1. The number of hydrogen-bond acceptors (Lipinski definition) is 10. The Morgan fingerprint density at radius 2 is 2.05 bits per heavy atom. The van der Waals surface area contributed by atoms with Crippen LogP contribution in [0.4, 0.5) is 10.8 Å². The second-order valence-corrected chi connectivity index (χ2v) is 12.3. The number of hydrogen-bond donors (Lipinski definition) is 2. The minimum Gasteiger partial charge on any atom is -0.497 e. The first-order valence-corrected chi connectivity index (χ1v) is 15.0.